The predicted octanol–water partition coefficient (Wildman–Crippen LogP) is 4.50. The molecule has 0 aliphatic heterocycles. The van der Waals surface area contributed by atoms with Crippen LogP contribution in [-0.4, -0.2) is 17.4 Å². The summed E-state index contributed by atoms with van der Waals surface area (Å²) in [6, 6.07) is 21.9. The van der Waals surface area contributed by atoms with E-state index in [0.29, 0.717) is 12.2 Å². The standard InChI is InChI=1S/C22H23N3O/c1-17-8-5-6-12-20(17)25-19-13-14-21(24-16-19)22(26)23-15-7-11-18-9-3-2-4-10-18/h2-6,8-10,12-14,16,25H,7,11,15H2,1H3,(H,23,26). The molecule has 0 aliphatic carbocycles. The number of aromatic nitrogens is 1. The summed E-state index contributed by atoms with van der Waals surface area (Å²) in [5, 5.41) is 6.24. The summed E-state index contributed by atoms with van der Waals surface area (Å²) in [5.41, 5.74) is 4.77. The SMILES string of the molecule is Cc1ccccc1Nc1ccc(C(=O)NCCCc2ccccc2)nc1. The Labute approximate surface area is 154 Å². The van der Waals surface area contributed by atoms with Crippen molar-refractivity contribution < 1.29 is 4.79 Å². The second-order valence-corrected chi connectivity index (χ2v) is 6.22. The summed E-state index contributed by atoms with van der Waals surface area (Å²) in [4.78, 5) is 16.5. The topological polar surface area (TPSA) is 54.0 Å². The van der Waals surface area contributed by atoms with Gasteiger partial charge >= 0.3 is 0 Å². The Balaban J connectivity index is 1.48. The van der Waals surface area contributed by atoms with Crippen molar-refractivity contribution in [1.82, 2.24) is 10.3 Å². The molecule has 0 aliphatic rings. The van der Waals surface area contributed by atoms with Gasteiger partial charge in [0.2, 0.25) is 0 Å². The van der Waals surface area contributed by atoms with E-state index in [-0.39, 0.29) is 5.91 Å². The zero-order chi connectivity index (χ0) is 18.2. The summed E-state index contributed by atoms with van der Waals surface area (Å²) in [5.74, 6) is -0.138. The summed E-state index contributed by atoms with van der Waals surface area (Å²) < 4.78 is 0. The number of amides is 1. The summed E-state index contributed by atoms with van der Waals surface area (Å²) in [7, 11) is 0. The molecule has 132 valence electrons. The number of hydrogen-bond acceptors (Lipinski definition) is 3. The van der Waals surface area contributed by atoms with Gasteiger partial charge in [-0.1, -0.05) is 48.5 Å². The van der Waals surface area contributed by atoms with Crippen molar-refractivity contribution in [2.24, 2.45) is 0 Å². The van der Waals surface area contributed by atoms with Crippen LogP contribution in [0.5, 0.6) is 0 Å². The first-order valence-corrected chi connectivity index (χ1v) is 8.83. The van der Waals surface area contributed by atoms with Gasteiger partial charge in [0.1, 0.15) is 5.69 Å². The molecule has 2 N–H and O–H groups in total. The highest BCUT2D eigenvalue weighted by atomic mass is 16.1. The monoisotopic (exact) mass is 345 g/mol. The van der Waals surface area contributed by atoms with Gasteiger partial charge in [0.05, 0.1) is 11.9 Å². The van der Waals surface area contributed by atoms with Crippen LogP contribution in [0.2, 0.25) is 0 Å². The number of benzene rings is 2. The number of para-hydroxylation sites is 1. The highest BCUT2D eigenvalue weighted by molar-refractivity contribution is 5.92. The number of nitrogens with one attached hydrogen (secondary N) is 2. The van der Waals surface area contributed by atoms with E-state index in [0.717, 1.165) is 29.8 Å². The fourth-order valence-electron chi connectivity index (χ4n) is 2.70. The molecule has 0 atom stereocenters. The van der Waals surface area contributed by atoms with Crippen molar-refractivity contribution in [3.8, 4) is 0 Å². The van der Waals surface area contributed by atoms with E-state index in [2.05, 4.69) is 27.8 Å². The number of rotatable bonds is 7. The molecule has 1 heterocycles. The van der Waals surface area contributed by atoms with E-state index in [1.807, 2.05) is 55.5 Å². The summed E-state index contributed by atoms with van der Waals surface area (Å²) in [6.07, 6.45) is 3.54. The maximum absolute atomic E-state index is 12.2. The second-order valence-electron chi connectivity index (χ2n) is 6.22. The van der Waals surface area contributed by atoms with Gasteiger partial charge in [-0.05, 0) is 49.1 Å². The van der Waals surface area contributed by atoms with Gasteiger partial charge in [-0.15, -0.1) is 0 Å². The van der Waals surface area contributed by atoms with E-state index in [4.69, 9.17) is 0 Å². The number of carbonyl (C=O) groups excluding carboxylic acids is 1. The third-order valence-corrected chi connectivity index (χ3v) is 4.19. The van der Waals surface area contributed by atoms with E-state index in [1.165, 1.54) is 5.56 Å². The molecule has 0 fully saturated rings. The number of nitrogens with zero attached hydrogens (tertiary/aromatic N) is 1. The van der Waals surface area contributed by atoms with Crippen LogP contribution in [-0.2, 0) is 6.42 Å². The third kappa shape index (κ3) is 4.93. The minimum absolute atomic E-state index is 0.138. The smallest absolute Gasteiger partial charge is 0.269 e. The maximum Gasteiger partial charge on any atom is 0.269 e. The van der Waals surface area contributed by atoms with Gasteiger partial charge in [-0.2, -0.15) is 0 Å². The molecule has 1 aromatic heterocycles. The van der Waals surface area contributed by atoms with Crippen LogP contribution in [0.4, 0.5) is 11.4 Å². The fraction of sp³-hybridized carbons (Fsp3) is 0.182. The van der Waals surface area contributed by atoms with E-state index >= 15 is 0 Å². The molecule has 0 spiro atoms. The van der Waals surface area contributed by atoms with Crippen molar-refractivity contribution in [1.29, 1.82) is 0 Å². The molecule has 0 saturated carbocycles. The summed E-state index contributed by atoms with van der Waals surface area (Å²) in [6.45, 7) is 2.69. The zero-order valence-corrected chi connectivity index (χ0v) is 14.9. The molecule has 4 nitrogen and oxygen atoms in total. The first-order valence-electron chi connectivity index (χ1n) is 8.83. The Hall–Kier alpha value is -3.14. The average Bonchev–Trinajstić information content (AvgIpc) is 2.68. The Morgan fingerprint density at radius 1 is 0.962 bits per heavy atom. The van der Waals surface area contributed by atoms with Gasteiger partial charge in [0.25, 0.3) is 5.91 Å². The molecular weight excluding hydrogens is 322 g/mol. The molecular formula is C22H23N3O. The Morgan fingerprint density at radius 3 is 2.46 bits per heavy atom. The van der Waals surface area contributed by atoms with Crippen molar-refractivity contribution in [3.63, 3.8) is 0 Å². The van der Waals surface area contributed by atoms with Crippen molar-refractivity contribution >= 4 is 17.3 Å². The lowest BCUT2D eigenvalue weighted by Gasteiger charge is -2.09. The lowest BCUT2D eigenvalue weighted by molar-refractivity contribution is 0.0948. The van der Waals surface area contributed by atoms with Gasteiger partial charge in [-0.25, -0.2) is 4.98 Å². The quantitative estimate of drug-likeness (QED) is 0.620. The van der Waals surface area contributed by atoms with E-state index in [1.54, 1.807) is 12.3 Å². The number of pyridine rings is 1. The van der Waals surface area contributed by atoms with Crippen LogP contribution < -0.4 is 10.6 Å². The molecule has 0 radical (unpaired) electrons. The largest absolute Gasteiger partial charge is 0.354 e. The molecule has 1 amide bonds. The highest BCUT2D eigenvalue weighted by Gasteiger charge is 2.07. The van der Waals surface area contributed by atoms with Crippen LogP contribution in [0.3, 0.4) is 0 Å². The highest BCUT2D eigenvalue weighted by Crippen LogP contribution is 2.19. The number of anilines is 2. The van der Waals surface area contributed by atoms with Crippen molar-refractivity contribution in [2.75, 3.05) is 11.9 Å². The van der Waals surface area contributed by atoms with Crippen LogP contribution in [0.25, 0.3) is 0 Å². The lowest BCUT2D eigenvalue weighted by atomic mass is 10.1. The summed E-state index contributed by atoms with van der Waals surface area (Å²) >= 11 is 0. The molecule has 26 heavy (non-hydrogen) atoms. The van der Waals surface area contributed by atoms with Crippen LogP contribution >= 0.6 is 0 Å². The second kappa shape index (κ2) is 8.81. The Bertz CT molecular complexity index is 845. The van der Waals surface area contributed by atoms with Crippen LogP contribution in [0, 0.1) is 6.92 Å². The molecule has 4 heteroatoms. The van der Waals surface area contributed by atoms with Gasteiger partial charge < -0.3 is 10.6 Å². The first-order chi connectivity index (χ1) is 12.7. The molecule has 0 saturated heterocycles. The van der Waals surface area contributed by atoms with Gasteiger partial charge in [0, 0.05) is 12.2 Å². The number of hydrogen-bond donors (Lipinski definition) is 2. The molecule has 0 unspecified atom stereocenters. The van der Waals surface area contributed by atoms with Crippen LogP contribution in [0.1, 0.15) is 28.0 Å². The van der Waals surface area contributed by atoms with E-state index < -0.39 is 0 Å². The van der Waals surface area contributed by atoms with Gasteiger partial charge in [0.15, 0.2) is 0 Å². The molecule has 0 bridgehead atoms. The fourth-order valence-corrected chi connectivity index (χ4v) is 2.70. The van der Waals surface area contributed by atoms with E-state index in [9.17, 15) is 4.79 Å². The molecule has 3 rings (SSSR count). The van der Waals surface area contributed by atoms with Crippen LogP contribution in [0.15, 0.2) is 72.9 Å². The zero-order valence-electron chi connectivity index (χ0n) is 14.9. The number of carbonyl (C=O) groups is 1. The molecule has 2 aromatic carbocycles. The molecule has 3 aromatic rings. The minimum Gasteiger partial charge on any atom is -0.354 e. The minimum atomic E-state index is -0.138. The third-order valence-electron chi connectivity index (χ3n) is 4.19. The number of aryl methyl sites for hydroxylation is 2. The Kier molecular flexibility index (Phi) is 5.99. The first kappa shape index (κ1) is 17.7. The van der Waals surface area contributed by atoms with Crippen molar-refractivity contribution in [3.05, 3.63) is 89.7 Å². The lowest BCUT2D eigenvalue weighted by Crippen LogP contribution is -2.25. The predicted molar refractivity (Wildman–Crippen MR) is 106 cm³/mol. The van der Waals surface area contributed by atoms with Crippen molar-refractivity contribution in [2.45, 2.75) is 19.8 Å². The van der Waals surface area contributed by atoms with Gasteiger partial charge in [-0.3, -0.25) is 4.79 Å². The maximum atomic E-state index is 12.2. The Morgan fingerprint density at radius 2 is 1.73 bits per heavy atom. The normalized spacial score (nSPS) is 10.3. The average molecular weight is 345 g/mol.